The lowest BCUT2D eigenvalue weighted by molar-refractivity contribution is 0.269. The van der Waals surface area contributed by atoms with Crippen LogP contribution in [0.3, 0.4) is 0 Å². The van der Waals surface area contributed by atoms with Gasteiger partial charge in [0.15, 0.2) is 9.84 Å². The Morgan fingerprint density at radius 3 is 2.95 bits per heavy atom. The van der Waals surface area contributed by atoms with E-state index in [0.717, 1.165) is 31.6 Å². The normalized spacial score (nSPS) is 27.6. The van der Waals surface area contributed by atoms with Crippen LogP contribution in [0, 0.1) is 0 Å². The molecule has 0 amide bonds. The highest BCUT2D eigenvalue weighted by Gasteiger charge is 2.44. The standard InChI is InChI=1S/C15H21NO3S/c1-15(7-3-9-20(15,17)18)11-19-13-5-6-14-12(10-13)4-2-8-16-14/h5-6,10,16H,2-4,7-9,11H2,1H3. The second-order valence-electron chi connectivity index (χ2n) is 6.01. The van der Waals surface area contributed by atoms with Crippen LogP contribution in [0.15, 0.2) is 18.2 Å². The zero-order valence-corrected chi connectivity index (χ0v) is 12.6. The highest BCUT2D eigenvalue weighted by Crippen LogP contribution is 2.33. The van der Waals surface area contributed by atoms with E-state index in [1.165, 1.54) is 11.3 Å². The number of ether oxygens (including phenoxy) is 1. The van der Waals surface area contributed by atoms with E-state index < -0.39 is 14.6 Å². The van der Waals surface area contributed by atoms with Crippen molar-refractivity contribution in [2.45, 2.75) is 37.4 Å². The summed E-state index contributed by atoms with van der Waals surface area (Å²) in [5.74, 6) is 1.07. The largest absolute Gasteiger partial charge is 0.492 e. The third kappa shape index (κ3) is 2.39. The Morgan fingerprint density at radius 2 is 2.20 bits per heavy atom. The summed E-state index contributed by atoms with van der Waals surface area (Å²) in [4.78, 5) is 0. The van der Waals surface area contributed by atoms with Crippen molar-refractivity contribution in [3.8, 4) is 5.75 Å². The minimum absolute atomic E-state index is 0.252. The van der Waals surface area contributed by atoms with Gasteiger partial charge in [0.05, 0.1) is 5.75 Å². The maximum Gasteiger partial charge on any atom is 0.159 e. The lowest BCUT2D eigenvalue weighted by Gasteiger charge is -2.24. The van der Waals surface area contributed by atoms with Crippen molar-refractivity contribution in [1.29, 1.82) is 0 Å². The van der Waals surface area contributed by atoms with Crippen molar-refractivity contribution < 1.29 is 13.2 Å². The van der Waals surface area contributed by atoms with Crippen LogP contribution in [0.4, 0.5) is 5.69 Å². The molecule has 0 aromatic heterocycles. The molecule has 1 atom stereocenters. The topological polar surface area (TPSA) is 55.4 Å². The molecule has 0 spiro atoms. The molecular formula is C15H21NO3S. The van der Waals surface area contributed by atoms with Gasteiger partial charge in [-0.3, -0.25) is 0 Å². The van der Waals surface area contributed by atoms with Gasteiger partial charge in [-0.1, -0.05) is 0 Å². The molecule has 0 bridgehead atoms. The molecular weight excluding hydrogens is 274 g/mol. The maximum absolute atomic E-state index is 12.0. The number of sulfone groups is 1. The van der Waals surface area contributed by atoms with Crippen LogP contribution in [0.1, 0.15) is 31.7 Å². The van der Waals surface area contributed by atoms with Crippen molar-refractivity contribution in [3.05, 3.63) is 23.8 Å². The van der Waals surface area contributed by atoms with Gasteiger partial charge in [-0.2, -0.15) is 0 Å². The molecule has 2 aliphatic rings. The zero-order valence-electron chi connectivity index (χ0n) is 11.8. The molecule has 3 rings (SSSR count). The van der Waals surface area contributed by atoms with Gasteiger partial charge in [0, 0.05) is 12.2 Å². The first-order chi connectivity index (χ1) is 9.50. The van der Waals surface area contributed by atoms with E-state index in [9.17, 15) is 8.42 Å². The fourth-order valence-corrected chi connectivity index (χ4v) is 4.69. The Morgan fingerprint density at radius 1 is 1.35 bits per heavy atom. The number of aryl methyl sites for hydroxylation is 1. The van der Waals surface area contributed by atoms with Crippen LogP contribution in [-0.4, -0.2) is 32.1 Å². The van der Waals surface area contributed by atoms with Gasteiger partial charge in [-0.25, -0.2) is 8.42 Å². The molecule has 1 aromatic carbocycles. The molecule has 1 saturated heterocycles. The molecule has 1 fully saturated rings. The molecule has 0 aliphatic carbocycles. The summed E-state index contributed by atoms with van der Waals surface area (Å²) in [6.07, 6.45) is 3.62. The Labute approximate surface area is 120 Å². The number of hydrogen-bond donors (Lipinski definition) is 1. The summed E-state index contributed by atoms with van der Waals surface area (Å²) < 4.78 is 29.2. The Bertz CT molecular complexity index is 612. The highest BCUT2D eigenvalue weighted by molar-refractivity contribution is 7.93. The maximum atomic E-state index is 12.0. The van der Waals surface area contributed by atoms with Crippen LogP contribution >= 0.6 is 0 Å². The number of rotatable bonds is 3. The summed E-state index contributed by atoms with van der Waals surface area (Å²) in [5.41, 5.74) is 2.43. The minimum Gasteiger partial charge on any atom is -0.492 e. The minimum atomic E-state index is -3.01. The molecule has 20 heavy (non-hydrogen) atoms. The van der Waals surface area contributed by atoms with Gasteiger partial charge in [0.2, 0.25) is 0 Å². The zero-order chi connectivity index (χ0) is 14.2. The second-order valence-corrected chi connectivity index (χ2v) is 8.63. The van der Waals surface area contributed by atoms with E-state index in [4.69, 9.17) is 4.74 Å². The number of fused-ring (bicyclic) bond motifs is 1. The van der Waals surface area contributed by atoms with Crippen LogP contribution in [0.25, 0.3) is 0 Å². The summed E-state index contributed by atoms with van der Waals surface area (Å²) >= 11 is 0. The van der Waals surface area contributed by atoms with Gasteiger partial charge in [0.1, 0.15) is 17.1 Å². The predicted octanol–water partition coefficient (Wildman–Crippen LogP) is 2.39. The third-order valence-electron chi connectivity index (χ3n) is 4.43. The van der Waals surface area contributed by atoms with Crippen LogP contribution < -0.4 is 10.1 Å². The van der Waals surface area contributed by atoms with Crippen LogP contribution in [0.5, 0.6) is 5.75 Å². The predicted molar refractivity (Wildman–Crippen MR) is 80.2 cm³/mol. The Kier molecular flexibility index (Phi) is 3.40. The summed E-state index contributed by atoms with van der Waals surface area (Å²) in [7, 11) is -3.01. The molecule has 2 heterocycles. The molecule has 1 unspecified atom stereocenters. The van der Waals surface area contributed by atoms with E-state index in [1.54, 1.807) is 6.92 Å². The Balaban J connectivity index is 1.73. The molecule has 0 saturated carbocycles. The van der Waals surface area contributed by atoms with Gasteiger partial charge in [-0.05, 0) is 56.4 Å². The molecule has 5 heteroatoms. The summed E-state index contributed by atoms with van der Waals surface area (Å²) in [6, 6.07) is 5.98. The first-order valence-electron chi connectivity index (χ1n) is 7.22. The first-order valence-corrected chi connectivity index (χ1v) is 8.87. The number of nitrogens with one attached hydrogen (secondary N) is 1. The van der Waals surface area contributed by atoms with Crippen molar-refractivity contribution in [2.75, 3.05) is 24.2 Å². The molecule has 1 aromatic rings. The lowest BCUT2D eigenvalue weighted by atomic mass is 10.0. The van der Waals surface area contributed by atoms with E-state index in [1.807, 2.05) is 18.2 Å². The number of hydrogen-bond acceptors (Lipinski definition) is 4. The molecule has 2 aliphatic heterocycles. The van der Waals surface area contributed by atoms with Gasteiger partial charge < -0.3 is 10.1 Å². The smallest absolute Gasteiger partial charge is 0.159 e. The van der Waals surface area contributed by atoms with Crippen molar-refractivity contribution in [1.82, 2.24) is 0 Å². The van der Waals surface area contributed by atoms with Crippen molar-refractivity contribution in [2.24, 2.45) is 0 Å². The fourth-order valence-electron chi connectivity index (χ4n) is 2.98. The molecule has 110 valence electrons. The van der Waals surface area contributed by atoms with Gasteiger partial charge in [0.25, 0.3) is 0 Å². The highest BCUT2D eigenvalue weighted by atomic mass is 32.2. The average molecular weight is 295 g/mol. The van der Waals surface area contributed by atoms with Gasteiger partial charge >= 0.3 is 0 Å². The summed E-state index contributed by atoms with van der Waals surface area (Å²) in [6.45, 7) is 3.07. The first kappa shape index (κ1) is 13.7. The average Bonchev–Trinajstić information content (AvgIpc) is 2.71. The van der Waals surface area contributed by atoms with E-state index in [2.05, 4.69) is 5.32 Å². The van der Waals surface area contributed by atoms with E-state index in [-0.39, 0.29) is 6.61 Å². The van der Waals surface area contributed by atoms with E-state index >= 15 is 0 Å². The lowest BCUT2D eigenvalue weighted by Crippen LogP contribution is -2.37. The van der Waals surface area contributed by atoms with Crippen LogP contribution in [0.2, 0.25) is 0 Å². The van der Waals surface area contributed by atoms with Crippen LogP contribution in [-0.2, 0) is 16.3 Å². The monoisotopic (exact) mass is 295 g/mol. The van der Waals surface area contributed by atoms with Gasteiger partial charge in [-0.15, -0.1) is 0 Å². The molecule has 1 N–H and O–H groups in total. The van der Waals surface area contributed by atoms with Crippen molar-refractivity contribution >= 4 is 15.5 Å². The second kappa shape index (κ2) is 4.95. The fraction of sp³-hybridized carbons (Fsp3) is 0.600. The third-order valence-corrected chi connectivity index (χ3v) is 7.08. The Hall–Kier alpha value is -1.23. The molecule has 4 nitrogen and oxygen atoms in total. The number of anilines is 1. The molecule has 0 radical (unpaired) electrons. The SMILES string of the molecule is CC1(COc2ccc3c(c2)CCCN3)CCCS1(=O)=O. The summed E-state index contributed by atoms with van der Waals surface area (Å²) in [5, 5.41) is 3.36. The number of benzene rings is 1. The van der Waals surface area contributed by atoms with Crippen molar-refractivity contribution in [3.63, 3.8) is 0 Å². The van der Waals surface area contributed by atoms with E-state index in [0.29, 0.717) is 12.2 Å². The quantitative estimate of drug-likeness (QED) is 0.930.